The molecule has 0 fully saturated rings. The second-order valence-corrected chi connectivity index (χ2v) is 2.99. The Bertz CT molecular complexity index is 184. The molecule has 0 aromatic carbocycles. The van der Waals surface area contributed by atoms with Crippen LogP contribution in [-0.4, -0.2) is 25.5 Å². The zero-order valence-corrected chi connectivity index (χ0v) is 8.43. The molecule has 0 aliphatic heterocycles. The van der Waals surface area contributed by atoms with Crippen molar-refractivity contribution >= 4 is 12.4 Å². The summed E-state index contributed by atoms with van der Waals surface area (Å²) in [5.41, 5.74) is 0. The lowest BCUT2D eigenvalue weighted by Gasteiger charge is -2.07. The van der Waals surface area contributed by atoms with Crippen molar-refractivity contribution in [2.24, 2.45) is 0 Å². The van der Waals surface area contributed by atoms with Gasteiger partial charge in [0.1, 0.15) is 5.76 Å². The van der Waals surface area contributed by atoms with E-state index in [-0.39, 0.29) is 12.4 Å². The van der Waals surface area contributed by atoms with Gasteiger partial charge in [0.05, 0.1) is 6.26 Å². The van der Waals surface area contributed by atoms with Gasteiger partial charge in [0.25, 0.3) is 0 Å². The summed E-state index contributed by atoms with van der Waals surface area (Å²) in [7, 11) is 4.17. The van der Waals surface area contributed by atoms with Crippen molar-refractivity contribution in [2.45, 2.75) is 12.8 Å². The van der Waals surface area contributed by atoms with E-state index < -0.39 is 0 Å². The Morgan fingerprint density at radius 3 is 2.67 bits per heavy atom. The van der Waals surface area contributed by atoms with E-state index in [2.05, 4.69) is 19.0 Å². The third-order valence-corrected chi connectivity index (χ3v) is 1.61. The first-order valence-corrected chi connectivity index (χ1v) is 3.96. The number of furan rings is 1. The van der Waals surface area contributed by atoms with Crippen LogP contribution in [0.25, 0.3) is 0 Å². The Kier molecular flexibility index (Phi) is 5.85. The average Bonchev–Trinajstić information content (AvgIpc) is 2.39. The van der Waals surface area contributed by atoms with Gasteiger partial charge in [0, 0.05) is 6.42 Å². The minimum Gasteiger partial charge on any atom is -0.469 e. The van der Waals surface area contributed by atoms with Crippen LogP contribution in [0, 0.1) is 0 Å². The lowest BCUT2D eigenvalue weighted by atomic mass is 10.2. The molecular formula is C9H16ClNO. The van der Waals surface area contributed by atoms with Crippen LogP contribution in [0.3, 0.4) is 0 Å². The van der Waals surface area contributed by atoms with Crippen LogP contribution in [0.15, 0.2) is 22.8 Å². The lowest BCUT2D eigenvalue weighted by molar-refractivity contribution is 0.389. The molecule has 2 nitrogen and oxygen atoms in total. The van der Waals surface area contributed by atoms with Gasteiger partial charge in [-0.1, -0.05) is 0 Å². The molecule has 1 heterocycles. The van der Waals surface area contributed by atoms with Gasteiger partial charge >= 0.3 is 0 Å². The minimum atomic E-state index is 0. The van der Waals surface area contributed by atoms with E-state index in [1.165, 1.54) is 6.42 Å². The Hall–Kier alpha value is -0.470. The monoisotopic (exact) mass is 189 g/mol. The van der Waals surface area contributed by atoms with Gasteiger partial charge in [0.2, 0.25) is 0 Å². The molecule has 1 rings (SSSR count). The Morgan fingerprint density at radius 1 is 1.42 bits per heavy atom. The molecule has 0 saturated heterocycles. The summed E-state index contributed by atoms with van der Waals surface area (Å²) in [5, 5.41) is 0. The Labute approximate surface area is 80.0 Å². The molecule has 0 radical (unpaired) electrons. The van der Waals surface area contributed by atoms with Crippen LogP contribution in [-0.2, 0) is 6.42 Å². The quantitative estimate of drug-likeness (QED) is 0.722. The van der Waals surface area contributed by atoms with Crippen molar-refractivity contribution in [3.8, 4) is 0 Å². The number of hydrogen-bond donors (Lipinski definition) is 0. The smallest absolute Gasteiger partial charge is 0.103 e. The van der Waals surface area contributed by atoms with Crippen LogP contribution < -0.4 is 0 Å². The van der Waals surface area contributed by atoms with Crippen molar-refractivity contribution in [1.29, 1.82) is 0 Å². The second-order valence-electron chi connectivity index (χ2n) is 2.99. The summed E-state index contributed by atoms with van der Waals surface area (Å²) in [6.45, 7) is 1.13. The van der Waals surface area contributed by atoms with E-state index in [1.54, 1.807) is 6.26 Å². The van der Waals surface area contributed by atoms with Crippen LogP contribution in [0.5, 0.6) is 0 Å². The molecule has 70 valence electrons. The highest BCUT2D eigenvalue weighted by Gasteiger charge is 1.95. The summed E-state index contributed by atoms with van der Waals surface area (Å²) in [6.07, 6.45) is 3.94. The van der Waals surface area contributed by atoms with Crippen LogP contribution >= 0.6 is 12.4 Å². The fourth-order valence-electron chi connectivity index (χ4n) is 1.02. The number of rotatable bonds is 4. The molecule has 0 spiro atoms. The molecule has 0 amide bonds. The van der Waals surface area contributed by atoms with Crippen molar-refractivity contribution in [3.05, 3.63) is 24.2 Å². The van der Waals surface area contributed by atoms with Crippen LogP contribution in [0.4, 0.5) is 0 Å². The molecule has 3 heteroatoms. The summed E-state index contributed by atoms with van der Waals surface area (Å²) < 4.78 is 5.20. The number of aryl methyl sites for hydroxylation is 1. The summed E-state index contributed by atoms with van der Waals surface area (Å²) in [6, 6.07) is 3.96. The van der Waals surface area contributed by atoms with E-state index in [9.17, 15) is 0 Å². The highest BCUT2D eigenvalue weighted by atomic mass is 35.5. The van der Waals surface area contributed by atoms with Crippen molar-refractivity contribution in [1.82, 2.24) is 4.90 Å². The van der Waals surface area contributed by atoms with E-state index >= 15 is 0 Å². The van der Waals surface area contributed by atoms with Crippen LogP contribution in [0.1, 0.15) is 12.2 Å². The van der Waals surface area contributed by atoms with Crippen molar-refractivity contribution in [2.75, 3.05) is 20.6 Å². The van der Waals surface area contributed by atoms with E-state index in [0.29, 0.717) is 0 Å². The molecular weight excluding hydrogens is 174 g/mol. The maximum Gasteiger partial charge on any atom is 0.103 e. The first-order chi connectivity index (χ1) is 5.29. The van der Waals surface area contributed by atoms with E-state index in [1.807, 2.05) is 12.1 Å². The molecule has 0 saturated carbocycles. The van der Waals surface area contributed by atoms with Crippen molar-refractivity contribution in [3.63, 3.8) is 0 Å². The first-order valence-electron chi connectivity index (χ1n) is 3.96. The maximum absolute atomic E-state index is 5.20. The molecule has 0 unspecified atom stereocenters. The van der Waals surface area contributed by atoms with E-state index in [4.69, 9.17) is 4.42 Å². The average molecular weight is 190 g/mol. The molecule has 0 bridgehead atoms. The standard InChI is InChI=1S/C9H15NO.ClH/c1-10(2)7-3-5-9-6-4-8-11-9;/h4,6,8H,3,5,7H2,1-2H3;1H. The third-order valence-electron chi connectivity index (χ3n) is 1.61. The molecule has 0 aliphatic rings. The maximum atomic E-state index is 5.20. The van der Waals surface area contributed by atoms with Gasteiger partial charge in [-0.2, -0.15) is 0 Å². The molecule has 1 aromatic rings. The topological polar surface area (TPSA) is 16.4 Å². The molecule has 1 aromatic heterocycles. The SMILES string of the molecule is CN(C)CCCc1ccco1.Cl. The van der Waals surface area contributed by atoms with Crippen molar-refractivity contribution < 1.29 is 4.42 Å². The Morgan fingerprint density at radius 2 is 2.17 bits per heavy atom. The highest BCUT2D eigenvalue weighted by molar-refractivity contribution is 5.85. The summed E-state index contributed by atoms with van der Waals surface area (Å²) in [4.78, 5) is 2.18. The van der Waals surface area contributed by atoms with E-state index in [0.717, 1.165) is 18.7 Å². The lowest BCUT2D eigenvalue weighted by Crippen LogP contribution is -2.13. The normalized spacial score (nSPS) is 9.92. The molecule has 0 N–H and O–H groups in total. The zero-order valence-electron chi connectivity index (χ0n) is 7.62. The third kappa shape index (κ3) is 4.42. The van der Waals surface area contributed by atoms with Crippen LogP contribution in [0.2, 0.25) is 0 Å². The second kappa shape index (κ2) is 6.09. The number of nitrogens with zero attached hydrogens (tertiary/aromatic N) is 1. The molecule has 0 aliphatic carbocycles. The fraction of sp³-hybridized carbons (Fsp3) is 0.556. The fourth-order valence-corrected chi connectivity index (χ4v) is 1.02. The largest absolute Gasteiger partial charge is 0.469 e. The highest BCUT2D eigenvalue weighted by Crippen LogP contribution is 2.03. The predicted octanol–water partition coefficient (Wildman–Crippen LogP) is 2.20. The summed E-state index contributed by atoms with van der Waals surface area (Å²) >= 11 is 0. The van der Waals surface area contributed by atoms with Gasteiger partial charge in [-0.05, 0) is 39.2 Å². The Balaban J connectivity index is 0.00000121. The predicted molar refractivity (Wildman–Crippen MR) is 52.8 cm³/mol. The summed E-state index contributed by atoms with van der Waals surface area (Å²) in [5.74, 6) is 1.09. The van der Waals surface area contributed by atoms with Gasteiger partial charge in [-0.3, -0.25) is 0 Å². The first kappa shape index (κ1) is 11.5. The number of halogens is 1. The number of hydrogen-bond acceptors (Lipinski definition) is 2. The minimum absolute atomic E-state index is 0. The van der Waals surface area contributed by atoms with Gasteiger partial charge in [-0.25, -0.2) is 0 Å². The van der Waals surface area contributed by atoms with Gasteiger partial charge < -0.3 is 9.32 Å². The van der Waals surface area contributed by atoms with Gasteiger partial charge in [-0.15, -0.1) is 12.4 Å². The zero-order chi connectivity index (χ0) is 8.10. The van der Waals surface area contributed by atoms with Gasteiger partial charge in [0.15, 0.2) is 0 Å². The molecule has 12 heavy (non-hydrogen) atoms. The molecule has 0 atom stereocenters.